The number of hydrogen-bond acceptors (Lipinski definition) is 5. The van der Waals surface area contributed by atoms with Crippen LogP contribution in [0.5, 0.6) is 0 Å². The average molecular weight is 306 g/mol. The van der Waals surface area contributed by atoms with E-state index in [1.165, 1.54) is 7.11 Å². The molecular weight excluding hydrogens is 284 g/mol. The first-order valence-corrected chi connectivity index (χ1v) is 7.17. The predicted molar refractivity (Wildman–Crippen MR) is 80.7 cm³/mol. The van der Waals surface area contributed by atoms with Gasteiger partial charge in [-0.2, -0.15) is 0 Å². The molecule has 0 radical (unpaired) electrons. The van der Waals surface area contributed by atoms with E-state index in [2.05, 4.69) is 6.58 Å². The summed E-state index contributed by atoms with van der Waals surface area (Å²) in [5.74, 6) is -3.32. The van der Waals surface area contributed by atoms with Crippen LogP contribution < -0.4 is 0 Å². The Hall–Kier alpha value is -1.69. The highest BCUT2D eigenvalue weighted by Gasteiger charge is 2.59. The number of benzene rings is 1. The predicted octanol–water partition coefficient (Wildman–Crippen LogP) is 1.81. The van der Waals surface area contributed by atoms with Crippen LogP contribution in [0.2, 0.25) is 0 Å². The Morgan fingerprint density at radius 2 is 2.18 bits per heavy atom. The highest BCUT2D eigenvalue weighted by molar-refractivity contribution is 5.75. The minimum Gasteiger partial charge on any atom is -0.469 e. The van der Waals surface area contributed by atoms with Crippen LogP contribution in [0.15, 0.2) is 43.0 Å². The van der Waals surface area contributed by atoms with Crippen molar-refractivity contribution in [2.24, 2.45) is 11.3 Å². The molecule has 2 rings (SSSR count). The third-order valence-electron chi connectivity index (χ3n) is 4.32. The van der Waals surface area contributed by atoms with Gasteiger partial charge in [0.15, 0.2) is 5.79 Å². The number of aliphatic hydroxyl groups is 2. The van der Waals surface area contributed by atoms with E-state index in [1.54, 1.807) is 37.3 Å². The summed E-state index contributed by atoms with van der Waals surface area (Å²) in [5, 5.41) is 21.2. The molecule has 1 aromatic rings. The van der Waals surface area contributed by atoms with E-state index >= 15 is 0 Å². The lowest BCUT2D eigenvalue weighted by molar-refractivity contribution is -0.219. The van der Waals surface area contributed by atoms with Gasteiger partial charge in [-0.05, 0) is 5.56 Å². The van der Waals surface area contributed by atoms with E-state index in [4.69, 9.17) is 9.47 Å². The minimum atomic E-state index is -1.80. The van der Waals surface area contributed by atoms with E-state index in [9.17, 15) is 15.0 Å². The zero-order valence-corrected chi connectivity index (χ0v) is 12.9. The molecule has 1 heterocycles. The molecular formula is C17H22O5. The Labute approximate surface area is 130 Å². The summed E-state index contributed by atoms with van der Waals surface area (Å²) in [4.78, 5) is 12.1. The third-order valence-corrected chi connectivity index (χ3v) is 4.32. The lowest BCUT2D eigenvalue weighted by Gasteiger charge is -2.33. The largest absolute Gasteiger partial charge is 0.469 e. The normalized spacial score (nSPS) is 32.5. The van der Waals surface area contributed by atoms with Gasteiger partial charge in [0.1, 0.15) is 5.92 Å². The second-order valence-electron chi connectivity index (χ2n) is 5.93. The topological polar surface area (TPSA) is 76.0 Å². The monoisotopic (exact) mass is 306 g/mol. The van der Waals surface area contributed by atoms with E-state index in [0.29, 0.717) is 5.56 Å². The van der Waals surface area contributed by atoms with Gasteiger partial charge in [-0.15, -0.1) is 6.58 Å². The van der Waals surface area contributed by atoms with Crippen molar-refractivity contribution in [2.75, 3.05) is 13.7 Å². The van der Waals surface area contributed by atoms with Crippen LogP contribution >= 0.6 is 0 Å². The van der Waals surface area contributed by atoms with Gasteiger partial charge < -0.3 is 19.7 Å². The van der Waals surface area contributed by atoms with E-state index < -0.39 is 29.2 Å². The molecule has 1 aliphatic rings. The van der Waals surface area contributed by atoms with Crippen molar-refractivity contribution in [3.63, 3.8) is 0 Å². The standard InChI is InChI=1S/C17H22O5/c1-4-16(2)11-22-17(20,14(16)15(19)21-3)10-13(18)12-8-6-5-7-9-12/h4-9,13-14,18,20H,1,10-11H2,2-3H3/t13?,14?,16-,17?/m0/s1. The molecule has 1 aromatic carbocycles. The Kier molecular flexibility index (Phi) is 4.70. The van der Waals surface area contributed by atoms with Crippen molar-refractivity contribution in [1.82, 2.24) is 0 Å². The van der Waals surface area contributed by atoms with Crippen molar-refractivity contribution in [2.45, 2.75) is 25.2 Å². The van der Waals surface area contributed by atoms with Gasteiger partial charge in [-0.1, -0.05) is 43.3 Å². The fourth-order valence-electron chi connectivity index (χ4n) is 2.96. The molecule has 0 amide bonds. The molecule has 0 saturated carbocycles. The molecule has 0 bridgehead atoms. The summed E-state index contributed by atoms with van der Waals surface area (Å²) in [6, 6.07) is 8.93. The summed E-state index contributed by atoms with van der Waals surface area (Å²) < 4.78 is 10.3. The molecule has 5 heteroatoms. The number of rotatable bonds is 5. The molecule has 2 N–H and O–H groups in total. The van der Waals surface area contributed by atoms with E-state index in [-0.39, 0.29) is 13.0 Å². The van der Waals surface area contributed by atoms with E-state index in [1.807, 2.05) is 6.07 Å². The molecule has 0 aromatic heterocycles. The van der Waals surface area contributed by atoms with Crippen LogP contribution in [0, 0.1) is 11.3 Å². The first-order chi connectivity index (χ1) is 10.4. The van der Waals surface area contributed by atoms with Crippen LogP contribution in [0.3, 0.4) is 0 Å². The summed E-state index contributed by atoms with van der Waals surface area (Å²) in [6.07, 6.45) is 0.507. The van der Waals surface area contributed by atoms with Crippen molar-refractivity contribution in [3.8, 4) is 0 Å². The van der Waals surface area contributed by atoms with Gasteiger partial charge in [0, 0.05) is 11.8 Å². The molecule has 3 unspecified atom stereocenters. The molecule has 22 heavy (non-hydrogen) atoms. The molecule has 1 fully saturated rings. The number of carbonyl (C=O) groups excluding carboxylic acids is 1. The van der Waals surface area contributed by atoms with Gasteiger partial charge in [0.05, 0.1) is 19.8 Å². The van der Waals surface area contributed by atoms with Gasteiger partial charge in [0.25, 0.3) is 0 Å². The van der Waals surface area contributed by atoms with Crippen LogP contribution in [0.1, 0.15) is 25.0 Å². The number of hydrogen-bond donors (Lipinski definition) is 2. The number of methoxy groups -OCH3 is 1. The Morgan fingerprint density at radius 1 is 1.55 bits per heavy atom. The van der Waals surface area contributed by atoms with E-state index in [0.717, 1.165) is 0 Å². The maximum Gasteiger partial charge on any atom is 0.315 e. The lowest BCUT2D eigenvalue weighted by Crippen LogP contribution is -2.46. The second kappa shape index (κ2) is 6.20. The van der Waals surface area contributed by atoms with Gasteiger partial charge in [-0.25, -0.2) is 0 Å². The van der Waals surface area contributed by atoms with Crippen molar-refractivity contribution in [1.29, 1.82) is 0 Å². The number of aliphatic hydroxyl groups excluding tert-OH is 1. The maximum absolute atomic E-state index is 12.1. The van der Waals surface area contributed by atoms with Gasteiger partial charge in [0.2, 0.25) is 0 Å². The van der Waals surface area contributed by atoms with Crippen molar-refractivity contribution in [3.05, 3.63) is 48.6 Å². The Bertz CT molecular complexity index is 543. The Balaban J connectivity index is 2.27. The quantitative estimate of drug-likeness (QED) is 0.641. The summed E-state index contributed by atoms with van der Waals surface area (Å²) in [6.45, 7) is 5.63. The molecule has 5 nitrogen and oxygen atoms in total. The highest BCUT2D eigenvalue weighted by Crippen LogP contribution is 2.48. The second-order valence-corrected chi connectivity index (χ2v) is 5.93. The average Bonchev–Trinajstić information content (AvgIpc) is 2.79. The van der Waals surface area contributed by atoms with Crippen LogP contribution in [0.25, 0.3) is 0 Å². The van der Waals surface area contributed by atoms with Gasteiger partial charge >= 0.3 is 5.97 Å². The van der Waals surface area contributed by atoms with Crippen molar-refractivity contribution >= 4 is 5.97 Å². The zero-order chi connectivity index (χ0) is 16.4. The summed E-state index contributed by atoms with van der Waals surface area (Å²) in [7, 11) is 1.26. The molecule has 0 aliphatic carbocycles. The lowest BCUT2D eigenvalue weighted by atomic mass is 9.74. The third kappa shape index (κ3) is 2.92. The van der Waals surface area contributed by atoms with Gasteiger partial charge in [-0.3, -0.25) is 4.79 Å². The van der Waals surface area contributed by atoms with Crippen LogP contribution in [0.4, 0.5) is 0 Å². The fraction of sp³-hybridized carbons (Fsp3) is 0.471. The SMILES string of the molecule is C=C[C@@]1(C)COC(O)(CC(O)c2ccccc2)C1C(=O)OC. The number of esters is 1. The summed E-state index contributed by atoms with van der Waals surface area (Å²) in [5.41, 5.74) is -0.103. The maximum atomic E-state index is 12.1. The Morgan fingerprint density at radius 3 is 2.73 bits per heavy atom. The molecule has 4 atom stereocenters. The first kappa shape index (κ1) is 16.7. The van der Waals surface area contributed by atoms with Crippen molar-refractivity contribution < 1.29 is 24.5 Å². The fourth-order valence-corrected chi connectivity index (χ4v) is 2.96. The highest BCUT2D eigenvalue weighted by atomic mass is 16.6. The van der Waals surface area contributed by atoms with Crippen LogP contribution in [-0.4, -0.2) is 35.7 Å². The number of carbonyl (C=O) groups is 1. The molecule has 0 spiro atoms. The zero-order valence-electron chi connectivity index (χ0n) is 12.9. The molecule has 1 aliphatic heterocycles. The van der Waals surface area contributed by atoms with Crippen LogP contribution in [-0.2, 0) is 14.3 Å². The number of ether oxygens (including phenoxy) is 2. The first-order valence-electron chi connectivity index (χ1n) is 7.17. The molecule has 1 saturated heterocycles. The smallest absolute Gasteiger partial charge is 0.315 e. The minimum absolute atomic E-state index is 0.125. The summed E-state index contributed by atoms with van der Waals surface area (Å²) >= 11 is 0. The molecule has 120 valence electrons.